The molecule has 2 rings (SSSR count). The molecule has 20 heavy (non-hydrogen) atoms. The number of nitrogens with zero attached hydrogens (tertiary/aromatic N) is 1. The molecule has 0 aromatic carbocycles. The number of aliphatic hydroxyl groups excluding tert-OH is 1. The van der Waals surface area contributed by atoms with E-state index in [9.17, 15) is 9.90 Å². The van der Waals surface area contributed by atoms with Crippen LogP contribution in [0.15, 0.2) is 17.5 Å². The molecular formula is C15H24N2O2S. The summed E-state index contributed by atoms with van der Waals surface area (Å²) in [6.07, 6.45) is 2.64. The Morgan fingerprint density at radius 2 is 2.40 bits per heavy atom. The highest BCUT2D eigenvalue weighted by Gasteiger charge is 2.32. The lowest BCUT2D eigenvalue weighted by Gasteiger charge is -2.30. The van der Waals surface area contributed by atoms with Gasteiger partial charge in [-0.3, -0.25) is 9.69 Å². The highest BCUT2D eigenvalue weighted by atomic mass is 32.1. The number of carbonyl (C=O) groups excluding carboxylic acids is 1. The number of thiophene rings is 1. The number of hydrogen-bond acceptors (Lipinski definition) is 4. The van der Waals surface area contributed by atoms with Gasteiger partial charge in [0.05, 0.1) is 18.7 Å². The summed E-state index contributed by atoms with van der Waals surface area (Å²) in [6, 6.07) is 4.23. The third-order valence-electron chi connectivity index (χ3n) is 3.93. The molecule has 0 spiro atoms. The molecule has 2 N–H and O–H groups in total. The van der Waals surface area contributed by atoms with Gasteiger partial charge in [0.25, 0.3) is 0 Å². The van der Waals surface area contributed by atoms with E-state index in [0.29, 0.717) is 12.6 Å². The van der Waals surface area contributed by atoms with Crippen molar-refractivity contribution in [1.29, 1.82) is 0 Å². The molecular weight excluding hydrogens is 272 g/mol. The fourth-order valence-corrected chi connectivity index (χ4v) is 3.55. The van der Waals surface area contributed by atoms with Crippen molar-refractivity contribution in [3.05, 3.63) is 22.4 Å². The largest absolute Gasteiger partial charge is 0.393 e. The summed E-state index contributed by atoms with van der Waals surface area (Å²) in [6.45, 7) is 5.34. The molecule has 1 aliphatic heterocycles. The van der Waals surface area contributed by atoms with E-state index >= 15 is 0 Å². The molecule has 1 fully saturated rings. The van der Waals surface area contributed by atoms with E-state index in [1.54, 1.807) is 11.3 Å². The van der Waals surface area contributed by atoms with E-state index in [-0.39, 0.29) is 18.1 Å². The first-order chi connectivity index (χ1) is 9.58. The van der Waals surface area contributed by atoms with Gasteiger partial charge in [0.15, 0.2) is 0 Å². The molecule has 1 saturated heterocycles. The first kappa shape index (κ1) is 15.5. The maximum Gasteiger partial charge on any atom is 0.237 e. The molecule has 2 heterocycles. The molecule has 0 saturated carbocycles. The molecule has 1 aromatic heterocycles. The molecule has 4 nitrogen and oxygen atoms in total. The number of amides is 1. The Morgan fingerprint density at radius 1 is 1.60 bits per heavy atom. The summed E-state index contributed by atoms with van der Waals surface area (Å²) >= 11 is 1.66. The average Bonchev–Trinajstić information content (AvgIpc) is 3.05. The van der Waals surface area contributed by atoms with Crippen LogP contribution in [0.5, 0.6) is 0 Å². The SMILES string of the molecule is CC(O)CC1CCCN1C(C)C(=O)NCc1cccs1. The van der Waals surface area contributed by atoms with Gasteiger partial charge in [-0.05, 0) is 51.1 Å². The number of aliphatic hydroxyl groups is 1. The molecule has 1 aromatic rings. The molecule has 3 atom stereocenters. The smallest absolute Gasteiger partial charge is 0.237 e. The van der Waals surface area contributed by atoms with Crippen molar-refractivity contribution in [3.8, 4) is 0 Å². The standard InChI is InChI=1S/C15H24N2O2S/c1-11(18)9-13-5-3-7-17(13)12(2)15(19)16-10-14-6-4-8-20-14/h4,6,8,11-13,18H,3,5,7,9-10H2,1-2H3,(H,16,19). The van der Waals surface area contributed by atoms with Gasteiger partial charge in [0.1, 0.15) is 0 Å². The summed E-state index contributed by atoms with van der Waals surface area (Å²) < 4.78 is 0. The van der Waals surface area contributed by atoms with Gasteiger partial charge in [-0.2, -0.15) is 0 Å². The lowest BCUT2D eigenvalue weighted by molar-refractivity contribution is -0.126. The van der Waals surface area contributed by atoms with E-state index in [0.717, 1.165) is 25.8 Å². The fourth-order valence-electron chi connectivity index (χ4n) is 2.90. The maximum atomic E-state index is 12.2. The predicted octanol–water partition coefficient (Wildman–Crippen LogP) is 1.99. The Hall–Kier alpha value is -0.910. The topological polar surface area (TPSA) is 52.6 Å². The van der Waals surface area contributed by atoms with Crippen molar-refractivity contribution in [2.45, 2.75) is 57.8 Å². The van der Waals surface area contributed by atoms with Crippen molar-refractivity contribution >= 4 is 17.2 Å². The Balaban J connectivity index is 1.85. The number of rotatable bonds is 6. The number of carbonyl (C=O) groups is 1. The summed E-state index contributed by atoms with van der Waals surface area (Å²) in [5.74, 6) is 0.0795. The molecule has 0 aliphatic carbocycles. The minimum atomic E-state index is -0.304. The number of hydrogen-bond donors (Lipinski definition) is 2. The van der Waals surface area contributed by atoms with Crippen LogP contribution in [-0.4, -0.2) is 40.6 Å². The first-order valence-corrected chi connectivity index (χ1v) is 8.19. The van der Waals surface area contributed by atoms with E-state index in [4.69, 9.17) is 0 Å². The Kier molecular flexibility index (Phi) is 5.57. The second-order valence-corrected chi connectivity index (χ2v) is 6.62. The van der Waals surface area contributed by atoms with Crippen molar-refractivity contribution in [3.63, 3.8) is 0 Å². The summed E-state index contributed by atoms with van der Waals surface area (Å²) in [7, 11) is 0. The molecule has 3 unspecified atom stereocenters. The Labute approximate surface area is 124 Å². The molecule has 0 bridgehead atoms. The lowest BCUT2D eigenvalue weighted by atomic mass is 10.1. The van der Waals surface area contributed by atoms with Crippen LogP contribution in [0.2, 0.25) is 0 Å². The molecule has 112 valence electrons. The third-order valence-corrected chi connectivity index (χ3v) is 4.81. The normalized spacial score (nSPS) is 22.6. The fraction of sp³-hybridized carbons (Fsp3) is 0.667. The molecule has 0 radical (unpaired) electrons. The number of likely N-dealkylation sites (tertiary alicyclic amines) is 1. The first-order valence-electron chi connectivity index (χ1n) is 7.32. The zero-order valence-electron chi connectivity index (χ0n) is 12.2. The monoisotopic (exact) mass is 296 g/mol. The third kappa shape index (κ3) is 4.04. The number of nitrogens with one attached hydrogen (secondary N) is 1. The quantitative estimate of drug-likeness (QED) is 0.844. The minimum absolute atomic E-state index is 0.0795. The zero-order chi connectivity index (χ0) is 14.5. The highest BCUT2D eigenvalue weighted by molar-refractivity contribution is 7.09. The Morgan fingerprint density at radius 3 is 3.05 bits per heavy atom. The average molecular weight is 296 g/mol. The Bertz CT molecular complexity index is 420. The second kappa shape index (κ2) is 7.20. The molecule has 5 heteroatoms. The van der Waals surface area contributed by atoms with Crippen molar-refractivity contribution in [2.24, 2.45) is 0 Å². The zero-order valence-corrected chi connectivity index (χ0v) is 13.0. The van der Waals surface area contributed by atoms with E-state index in [1.165, 1.54) is 4.88 Å². The van der Waals surface area contributed by atoms with Gasteiger partial charge >= 0.3 is 0 Å². The summed E-state index contributed by atoms with van der Waals surface area (Å²) in [5.41, 5.74) is 0. The van der Waals surface area contributed by atoms with Crippen LogP contribution in [0.1, 0.15) is 38.0 Å². The highest BCUT2D eigenvalue weighted by Crippen LogP contribution is 2.24. The van der Waals surface area contributed by atoms with Gasteiger partial charge in [-0.1, -0.05) is 6.07 Å². The second-order valence-electron chi connectivity index (χ2n) is 5.59. The van der Waals surface area contributed by atoms with Gasteiger partial charge in [-0.15, -0.1) is 11.3 Å². The van der Waals surface area contributed by atoms with Crippen LogP contribution < -0.4 is 5.32 Å². The van der Waals surface area contributed by atoms with Crippen LogP contribution in [0, 0.1) is 0 Å². The van der Waals surface area contributed by atoms with Crippen molar-refractivity contribution in [2.75, 3.05) is 6.54 Å². The molecule has 1 aliphatic rings. The van der Waals surface area contributed by atoms with Gasteiger partial charge in [0.2, 0.25) is 5.91 Å². The summed E-state index contributed by atoms with van der Waals surface area (Å²) in [5, 5.41) is 14.6. The van der Waals surface area contributed by atoms with Gasteiger partial charge in [0, 0.05) is 10.9 Å². The predicted molar refractivity (Wildman–Crippen MR) is 81.7 cm³/mol. The maximum absolute atomic E-state index is 12.2. The van der Waals surface area contributed by atoms with E-state index < -0.39 is 0 Å². The van der Waals surface area contributed by atoms with Crippen LogP contribution in [0.4, 0.5) is 0 Å². The van der Waals surface area contributed by atoms with Gasteiger partial charge < -0.3 is 10.4 Å². The molecule has 1 amide bonds. The van der Waals surface area contributed by atoms with E-state index in [2.05, 4.69) is 10.2 Å². The van der Waals surface area contributed by atoms with Crippen LogP contribution in [-0.2, 0) is 11.3 Å². The lowest BCUT2D eigenvalue weighted by Crippen LogP contribution is -2.47. The van der Waals surface area contributed by atoms with Gasteiger partial charge in [-0.25, -0.2) is 0 Å². The van der Waals surface area contributed by atoms with Crippen LogP contribution in [0.3, 0.4) is 0 Å². The summed E-state index contributed by atoms with van der Waals surface area (Å²) in [4.78, 5) is 15.7. The van der Waals surface area contributed by atoms with Crippen molar-refractivity contribution in [1.82, 2.24) is 10.2 Å². The van der Waals surface area contributed by atoms with Crippen LogP contribution in [0.25, 0.3) is 0 Å². The van der Waals surface area contributed by atoms with E-state index in [1.807, 2.05) is 31.4 Å². The van der Waals surface area contributed by atoms with Crippen LogP contribution >= 0.6 is 11.3 Å². The minimum Gasteiger partial charge on any atom is -0.393 e. The van der Waals surface area contributed by atoms with Crippen molar-refractivity contribution < 1.29 is 9.90 Å².